The second-order valence-corrected chi connectivity index (χ2v) is 8.23. The first-order valence-electron chi connectivity index (χ1n) is 10.2. The van der Waals surface area contributed by atoms with Crippen LogP contribution in [-0.4, -0.2) is 27.1 Å². The molecule has 0 atom stereocenters. The minimum absolute atomic E-state index is 0.286. The van der Waals surface area contributed by atoms with E-state index < -0.39 is 0 Å². The van der Waals surface area contributed by atoms with Gasteiger partial charge in [0.15, 0.2) is 5.11 Å². The van der Waals surface area contributed by atoms with Gasteiger partial charge in [-0.3, -0.25) is 5.32 Å². The number of nitrogens with zero attached hydrogens (tertiary/aromatic N) is 3. The van der Waals surface area contributed by atoms with Gasteiger partial charge in [0, 0.05) is 17.1 Å². The number of anilines is 2. The van der Waals surface area contributed by atoms with Crippen molar-refractivity contribution in [1.82, 2.24) is 15.3 Å². The van der Waals surface area contributed by atoms with Crippen LogP contribution in [0.15, 0.2) is 29.3 Å². The summed E-state index contributed by atoms with van der Waals surface area (Å²) < 4.78 is 0. The Morgan fingerprint density at radius 1 is 0.897 bits per heavy atom. The van der Waals surface area contributed by atoms with E-state index >= 15 is 0 Å². The highest BCUT2D eigenvalue weighted by Gasteiger charge is 2.15. The minimum Gasteiger partial charge on any atom is -0.332 e. The molecule has 0 saturated heterocycles. The summed E-state index contributed by atoms with van der Waals surface area (Å²) in [4.78, 5) is 13.8. The maximum atomic E-state index is 5.55. The van der Waals surface area contributed by atoms with Crippen molar-refractivity contribution in [3.63, 3.8) is 0 Å². The Kier molecular flexibility index (Phi) is 7.14. The van der Waals surface area contributed by atoms with Gasteiger partial charge in [0.25, 0.3) is 0 Å². The lowest BCUT2D eigenvalue weighted by atomic mass is 9.96. The van der Waals surface area contributed by atoms with Gasteiger partial charge in [-0.15, -0.1) is 0 Å². The van der Waals surface area contributed by atoms with Crippen LogP contribution in [-0.2, 0) is 0 Å². The summed E-state index contributed by atoms with van der Waals surface area (Å²) in [7, 11) is 0. The molecule has 0 spiro atoms. The van der Waals surface area contributed by atoms with Crippen LogP contribution in [0, 0.1) is 27.7 Å². The van der Waals surface area contributed by atoms with E-state index in [0.29, 0.717) is 17.0 Å². The zero-order valence-corrected chi connectivity index (χ0v) is 18.5. The predicted molar refractivity (Wildman–Crippen MR) is 125 cm³/mol. The molecule has 0 unspecified atom stereocenters. The van der Waals surface area contributed by atoms with E-state index in [4.69, 9.17) is 17.2 Å². The van der Waals surface area contributed by atoms with Crippen LogP contribution in [0.3, 0.4) is 0 Å². The molecule has 0 amide bonds. The van der Waals surface area contributed by atoms with E-state index in [1.54, 1.807) is 0 Å². The molecule has 154 valence electrons. The molecule has 1 aromatic heterocycles. The van der Waals surface area contributed by atoms with E-state index in [2.05, 4.69) is 58.0 Å². The maximum Gasteiger partial charge on any atom is 0.229 e. The molecule has 1 aliphatic rings. The molecule has 29 heavy (non-hydrogen) atoms. The Balaban J connectivity index is 1.76. The van der Waals surface area contributed by atoms with Crippen LogP contribution >= 0.6 is 12.2 Å². The number of aryl methyl sites for hydroxylation is 4. The fraction of sp³-hybridized carbons (Fsp3) is 0.455. The topological polar surface area (TPSA) is 74.2 Å². The average molecular weight is 411 g/mol. The van der Waals surface area contributed by atoms with Crippen LogP contribution in [0.2, 0.25) is 0 Å². The lowest BCUT2D eigenvalue weighted by molar-refractivity contribution is 0.443. The fourth-order valence-electron chi connectivity index (χ4n) is 3.69. The van der Waals surface area contributed by atoms with Crippen LogP contribution in [0.1, 0.15) is 54.6 Å². The standard InChI is InChI=1S/C22H30N6S/c1-14-10-15(2)12-19(11-14)26-22(29)28-21(25-18-8-6-5-7-9-18)27-20-23-16(3)13-17(4)24-20/h10-13,18H,5-9H2,1-4H3,(H3,23,24,25,26,27,28,29). The van der Waals surface area contributed by atoms with Gasteiger partial charge < -0.3 is 10.6 Å². The molecule has 2 aromatic rings. The van der Waals surface area contributed by atoms with Crippen molar-refractivity contribution in [1.29, 1.82) is 0 Å². The third-order valence-corrected chi connectivity index (χ3v) is 5.01. The van der Waals surface area contributed by atoms with Crippen molar-refractivity contribution < 1.29 is 0 Å². The predicted octanol–water partition coefficient (Wildman–Crippen LogP) is 4.80. The Morgan fingerprint density at radius 2 is 1.52 bits per heavy atom. The van der Waals surface area contributed by atoms with Gasteiger partial charge in [-0.05, 0) is 82.1 Å². The van der Waals surface area contributed by atoms with Gasteiger partial charge in [0.2, 0.25) is 11.9 Å². The van der Waals surface area contributed by atoms with Gasteiger partial charge >= 0.3 is 0 Å². The number of nitrogens with one attached hydrogen (secondary N) is 3. The third kappa shape index (κ3) is 6.78. The van der Waals surface area contributed by atoms with E-state index in [1.807, 2.05) is 19.9 Å². The molecule has 0 radical (unpaired) electrons. The van der Waals surface area contributed by atoms with E-state index in [9.17, 15) is 0 Å². The van der Waals surface area contributed by atoms with Crippen LogP contribution in [0.5, 0.6) is 0 Å². The highest BCUT2D eigenvalue weighted by atomic mass is 32.1. The monoisotopic (exact) mass is 410 g/mol. The Labute approximate surface area is 178 Å². The number of benzene rings is 1. The molecule has 1 fully saturated rings. The fourth-order valence-corrected chi connectivity index (χ4v) is 3.91. The second-order valence-electron chi connectivity index (χ2n) is 7.82. The molecular formula is C22H30N6S. The smallest absolute Gasteiger partial charge is 0.229 e. The normalized spacial score (nSPS) is 15.1. The van der Waals surface area contributed by atoms with E-state index in [-0.39, 0.29) is 6.04 Å². The average Bonchev–Trinajstić information content (AvgIpc) is 2.60. The third-order valence-electron chi connectivity index (χ3n) is 4.81. The number of hydrogen-bond donors (Lipinski definition) is 3. The summed E-state index contributed by atoms with van der Waals surface area (Å²) in [6.45, 7) is 8.06. The number of thiocarbonyl (C=S) groups is 1. The summed E-state index contributed by atoms with van der Waals surface area (Å²) in [6, 6.07) is 8.51. The molecule has 7 heteroatoms. The Morgan fingerprint density at radius 3 is 2.14 bits per heavy atom. The maximum absolute atomic E-state index is 5.55. The second kappa shape index (κ2) is 9.78. The van der Waals surface area contributed by atoms with Gasteiger partial charge in [-0.25, -0.2) is 15.0 Å². The summed E-state index contributed by atoms with van der Waals surface area (Å²) in [5, 5.41) is 10.2. The van der Waals surface area contributed by atoms with Crippen LogP contribution in [0.4, 0.5) is 11.6 Å². The number of aromatic nitrogens is 2. The molecule has 1 heterocycles. The van der Waals surface area contributed by atoms with Crippen molar-refractivity contribution in [3.05, 3.63) is 46.8 Å². The first-order valence-corrected chi connectivity index (χ1v) is 10.6. The Hall–Kier alpha value is -2.54. The molecule has 1 aromatic carbocycles. The van der Waals surface area contributed by atoms with Crippen LogP contribution < -0.4 is 16.0 Å². The minimum atomic E-state index is 0.286. The van der Waals surface area contributed by atoms with Crippen molar-refractivity contribution in [2.45, 2.75) is 65.8 Å². The van der Waals surface area contributed by atoms with Gasteiger partial charge in [0.05, 0.1) is 6.04 Å². The molecule has 1 saturated carbocycles. The first-order chi connectivity index (χ1) is 13.9. The van der Waals surface area contributed by atoms with Crippen LogP contribution in [0.25, 0.3) is 0 Å². The summed E-state index contributed by atoms with van der Waals surface area (Å²) >= 11 is 5.55. The molecule has 3 N–H and O–H groups in total. The van der Waals surface area contributed by atoms with Gasteiger partial charge in [0.1, 0.15) is 0 Å². The van der Waals surface area contributed by atoms with E-state index in [1.165, 1.54) is 30.4 Å². The lowest BCUT2D eigenvalue weighted by Crippen LogP contribution is -2.40. The summed E-state index contributed by atoms with van der Waals surface area (Å²) in [6.07, 6.45) is 5.91. The van der Waals surface area contributed by atoms with Gasteiger partial charge in [-0.1, -0.05) is 25.3 Å². The van der Waals surface area contributed by atoms with Crippen molar-refractivity contribution >= 4 is 34.9 Å². The number of aliphatic imine (C=N–C) groups is 1. The first kappa shape index (κ1) is 21.2. The zero-order chi connectivity index (χ0) is 20.8. The SMILES string of the molecule is Cc1cc(C)cc(NC(=S)NC(=NC2CCCCC2)Nc2nc(C)cc(C)n2)c1. The highest BCUT2D eigenvalue weighted by Crippen LogP contribution is 2.20. The number of rotatable bonds is 3. The van der Waals surface area contributed by atoms with Crippen molar-refractivity contribution in [2.24, 2.45) is 4.99 Å². The molecule has 3 rings (SSSR count). The molecule has 6 nitrogen and oxygen atoms in total. The van der Waals surface area contributed by atoms with Crippen molar-refractivity contribution in [3.8, 4) is 0 Å². The van der Waals surface area contributed by atoms with Crippen molar-refractivity contribution in [2.75, 3.05) is 10.6 Å². The zero-order valence-electron chi connectivity index (χ0n) is 17.7. The highest BCUT2D eigenvalue weighted by molar-refractivity contribution is 7.80. The molecular weight excluding hydrogens is 380 g/mol. The lowest BCUT2D eigenvalue weighted by Gasteiger charge is -2.21. The Bertz CT molecular complexity index is 862. The summed E-state index contributed by atoms with van der Waals surface area (Å²) in [5.41, 5.74) is 5.15. The van der Waals surface area contributed by atoms with E-state index in [0.717, 1.165) is 29.9 Å². The number of guanidine groups is 1. The quantitative estimate of drug-likeness (QED) is 0.383. The number of hydrogen-bond acceptors (Lipinski definition) is 4. The molecule has 1 aliphatic carbocycles. The molecule has 0 aliphatic heterocycles. The summed E-state index contributed by atoms with van der Waals surface area (Å²) in [5.74, 6) is 1.11. The van der Waals surface area contributed by atoms with Gasteiger partial charge in [-0.2, -0.15) is 0 Å². The molecule has 0 bridgehead atoms. The largest absolute Gasteiger partial charge is 0.332 e.